The van der Waals surface area contributed by atoms with Crippen molar-refractivity contribution in [2.24, 2.45) is 0 Å². The predicted octanol–water partition coefficient (Wildman–Crippen LogP) is 2.36. The van der Waals surface area contributed by atoms with Gasteiger partial charge in [0.1, 0.15) is 11.6 Å². The maximum absolute atomic E-state index is 12.8. The van der Waals surface area contributed by atoms with Gasteiger partial charge in [-0.3, -0.25) is 4.79 Å². The van der Waals surface area contributed by atoms with Gasteiger partial charge >= 0.3 is 0 Å². The Labute approximate surface area is 124 Å². The van der Waals surface area contributed by atoms with Crippen LogP contribution in [0.5, 0.6) is 5.75 Å². The molecule has 5 heteroatoms. The molecule has 1 saturated carbocycles. The lowest BCUT2D eigenvalue weighted by atomic mass is 10.2. The molecule has 2 rings (SSSR count). The highest BCUT2D eigenvalue weighted by molar-refractivity contribution is 5.76. The molecule has 1 aliphatic carbocycles. The van der Waals surface area contributed by atoms with Crippen molar-refractivity contribution in [2.45, 2.75) is 38.1 Å². The summed E-state index contributed by atoms with van der Waals surface area (Å²) in [6.07, 6.45) is 4.60. The minimum Gasteiger partial charge on any atom is -0.493 e. The minimum atomic E-state index is -0.311. The molecule has 1 fully saturated rings. The van der Waals surface area contributed by atoms with Crippen LogP contribution in [0.2, 0.25) is 0 Å². The molecule has 4 nitrogen and oxygen atoms in total. The van der Waals surface area contributed by atoms with Crippen molar-refractivity contribution in [1.82, 2.24) is 4.90 Å². The van der Waals surface area contributed by atoms with Gasteiger partial charge in [0.25, 0.3) is 0 Å². The van der Waals surface area contributed by atoms with E-state index in [1.54, 1.807) is 17.0 Å². The second-order valence-electron chi connectivity index (χ2n) is 5.30. The van der Waals surface area contributed by atoms with Crippen LogP contribution >= 0.6 is 0 Å². The van der Waals surface area contributed by atoms with Crippen LogP contribution in [-0.4, -0.2) is 41.7 Å². The Bertz CT molecular complexity index is 443. The van der Waals surface area contributed by atoms with E-state index in [4.69, 9.17) is 9.84 Å². The molecule has 21 heavy (non-hydrogen) atoms. The molecular weight excluding hydrogens is 273 g/mol. The number of carbonyl (C=O) groups is 1. The summed E-state index contributed by atoms with van der Waals surface area (Å²) >= 11 is 0. The van der Waals surface area contributed by atoms with E-state index in [0.717, 1.165) is 25.7 Å². The summed E-state index contributed by atoms with van der Waals surface area (Å²) in [4.78, 5) is 14.0. The van der Waals surface area contributed by atoms with Crippen molar-refractivity contribution >= 4 is 5.91 Å². The maximum atomic E-state index is 12.8. The Morgan fingerprint density at radius 2 is 1.95 bits per heavy atom. The molecule has 0 aromatic heterocycles. The summed E-state index contributed by atoms with van der Waals surface area (Å²) < 4.78 is 18.2. The molecule has 0 atom stereocenters. The normalized spacial score (nSPS) is 15.1. The average molecular weight is 295 g/mol. The number of ether oxygens (including phenoxy) is 1. The van der Waals surface area contributed by atoms with Crippen LogP contribution in [0.25, 0.3) is 0 Å². The molecule has 1 amide bonds. The van der Waals surface area contributed by atoms with Gasteiger partial charge in [-0.05, 0) is 37.1 Å². The number of nitrogens with zero attached hydrogens (tertiary/aromatic N) is 1. The highest BCUT2D eigenvalue weighted by Crippen LogP contribution is 2.23. The number of benzene rings is 1. The zero-order chi connectivity index (χ0) is 15.1. The van der Waals surface area contributed by atoms with E-state index >= 15 is 0 Å². The van der Waals surface area contributed by atoms with E-state index in [1.165, 1.54) is 12.1 Å². The third-order valence-electron chi connectivity index (χ3n) is 3.83. The van der Waals surface area contributed by atoms with Crippen LogP contribution in [0.1, 0.15) is 32.1 Å². The van der Waals surface area contributed by atoms with Crippen LogP contribution < -0.4 is 4.74 Å². The number of hydrogen-bond donors (Lipinski definition) is 1. The van der Waals surface area contributed by atoms with Gasteiger partial charge in [-0.25, -0.2) is 4.39 Å². The monoisotopic (exact) mass is 295 g/mol. The highest BCUT2D eigenvalue weighted by atomic mass is 19.1. The Kier molecular flexibility index (Phi) is 5.99. The lowest BCUT2D eigenvalue weighted by Crippen LogP contribution is -2.41. The van der Waals surface area contributed by atoms with Crippen LogP contribution in [0.3, 0.4) is 0 Å². The molecule has 0 heterocycles. The molecule has 0 spiro atoms. The number of hydrogen-bond acceptors (Lipinski definition) is 3. The third-order valence-corrected chi connectivity index (χ3v) is 3.83. The van der Waals surface area contributed by atoms with Crippen LogP contribution in [-0.2, 0) is 4.79 Å². The van der Waals surface area contributed by atoms with Crippen molar-refractivity contribution < 1.29 is 19.0 Å². The van der Waals surface area contributed by atoms with E-state index < -0.39 is 0 Å². The Balaban J connectivity index is 1.79. The fraction of sp³-hybridized carbons (Fsp3) is 0.562. The molecule has 0 radical (unpaired) electrons. The lowest BCUT2D eigenvalue weighted by molar-refractivity contribution is -0.134. The van der Waals surface area contributed by atoms with Crippen LogP contribution in [0, 0.1) is 5.82 Å². The fourth-order valence-corrected chi connectivity index (χ4v) is 2.77. The summed E-state index contributed by atoms with van der Waals surface area (Å²) in [5.74, 6) is 0.255. The summed E-state index contributed by atoms with van der Waals surface area (Å²) in [6.45, 7) is 0.639. The van der Waals surface area contributed by atoms with E-state index in [2.05, 4.69) is 0 Å². The summed E-state index contributed by atoms with van der Waals surface area (Å²) in [5.41, 5.74) is 0. The van der Waals surface area contributed by atoms with Gasteiger partial charge in [0, 0.05) is 12.6 Å². The number of carbonyl (C=O) groups excluding carboxylic acids is 1. The molecule has 116 valence electrons. The number of rotatable bonds is 7. The van der Waals surface area contributed by atoms with Gasteiger partial charge in [-0.2, -0.15) is 0 Å². The first kappa shape index (κ1) is 15.8. The fourth-order valence-electron chi connectivity index (χ4n) is 2.77. The second kappa shape index (κ2) is 7.98. The standard InChI is InChI=1S/C16H22FNO3/c17-13-5-7-15(8-6-13)21-12-9-16(20)18(10-11-19)14-3-1-2-4-14/h5-8,14,19H,1-4,9-12H2. The third kappa shape index (κ3) is 4.70. The summed E-state index contributed by atoms with van der Waals surface area (Å²) in [6, 6.07) is 6.00. The van der Waals surface area contributed by atoms with Crippen molar-refractivity contribution in [3.8, 4) is 5.75 Å². The van der Waals surface area contributed by atoms with Gasteiger partial charge in [0.15, 0.2) is 0 Å². The number of halogens is 1. The molecule has 0 aliphatic heterocycles. The van der Waals surface area contributed by atoms with Gasteiger partial charge < -0.3 is 14.7 Å². The van der Waals surface area contributed by atoms with Gasteiger partial charge in [-0.15, -0.1) is 0 Å². The van der Waals surface area contributed by atoms with Gasteiger partial charge in [0.05, 0.1) is 19.6 Å². The molecule has 0 bridgehead atoms. The predicted molar refractivity (Wildman–Crippen MR) is 77.6 cm³/mol. The molecule has 1 aromatic rings. The zero-order valence-electron chi connectivity index (χ0n) is 12.1. The maximum Gasteiger partial charge on any atom is 0.226 e. The van der Waals surface area contributed by atoms with E-state index in [9.17, 15) is 9.18 Å². The molecule has 1 aromatic carbocycles. The Hall–Kier alpha value is -1.62. The quantitative estimate of drug-likeness (QED) is 0.840. The van der Waals surface area contributed by atoms with E-state index in [-0.39, 0.29) is 37.4 Å². The smallest absolute Gasteiger partial charge is 0.226 e. The number of aliphatic hydroxyl groups excluding tert-OH is 1. The first-order chi connectivity index (χ1) is 10.2. The van der Waals surface area contributed by atoms with Crippen molar-refractivity contribution in [2.75, 3.05) is 19.8 Å². The Morgan fingerprint density at radius 1 is 1.29 bits per heavy atom. The van der Waals surface area contributed by atoms with Crippen LogP contribution in [0.15, 0.2) is 24.3 Å². The summed E-state index contributed by atoms with van der Waals surface area (Å²) in [7, 11) is 0. The lowest BCUT2D eigenvalue weighted by Gasteiger charge is -2.28. The van der Waals surface area contributed by atoms with E-state index in [0.29, 0.717) is 12.3 Å². The molecule has 1 aliphatic rings. The minimum absolute atomic E-state index is 0.0121. The first-order valence-electron chi connectivity index (χ1n) is 7.49. The number of aliphatic hydroxyl groups is 1. The van der Waals surface area contributed by atoms with Crippen molar-refractivity contribution in [1.29, 1.82) is 0 Å². The summed E-state index contributed by atoms with van der Waals surface area (Å²) in [5, 5.41) is 9.11. The first-order valence-corrected chi connectivity index (χ1v) is 7.49. The SMILES string of the molecule is O=C(CCOc1ccc(F)cc1)N(CCO)C1CCCC1. The number of amides is 1. The Morgan fingerprint density at radius 3 is 2.57 bits per heavy atom. The molecule has 1 N–H and O–H groups in total. The topological polar surface area (TPSA) is 49.8 Å². The van der Waals surface area contributed by atoms with Gasteiger partial charge in [0.2, 0.25) is 5.91 Å². The molecular formula is C16H22FNO3. The highest BCUT2D eigenvalue weighted by Gasteiger charge is 2.25. The molecule has 0 saturated heterocycles. The van der Waals surface area contributed by atoms with Gasteiger partial charge in [-0.1, -0.05) is 12.8 Å². The van der Waals surface area contributed by atoms with Crippen molar-refractivity contribution in [3.05, 3.63) is 30.1 Å². The zero-order valence-corrected chi connectivity index (χ0v) is 12.1. The molecule has 0 unspecified atom stereocenters. The largest absolute Gasteiger partial charge is 0.493 e. The van der Waals surface area contributed by atoms with Crippen molar-refractivity contribution in [3.63, 3.8) is 0 Å². The van der Waals surface area contributed by atoms with E-state index in [1.807, 2.05) is 0 Å². The average Bonchev–Trinajstić information content (AvgIpc) is 3.00. The van der Waals surface area contributed by atoms with Crippen LogP contribution in [0.4, 0.5) is 4.39 Å². The second-order valence-corrected chi connectivity index (χ2v) is 5.30.